The van der Waals surface area contributed by atoms with Gasteiger partial charge < -0.3 is 5.73 Å². The zero-order valence-electron chi connectivity index (χ0n) is 10.2. The van der Waals surface area contributed by atoms with Gasteiger partial charge in [-0.2, -0.15) is 5.10 Å². The molecule has 0 atom stereocenters. The fourth-order valence-electron chi connectivity index (χ4n) is 1.94. The summed E-state index contributed by atoms with van der Waals surface area (Å²) in [6.45, 7) is 0. The van der Waals surface area contributed by atoms with Crippen LogP contribution in [0.15, 0.2) is 35.8 Å². The molecule has 0 aliphatic heterocycles. The van der Waals surface area contributed by atoms with Crippen molar-refractivity contribution >= 4 is 39.7 Å². The van der Waals surface area contributed by atoms with E-state index in [1.54, 1.807) is 22.2 Å². The summed E-state index contributed by atoms with van der Waals surface area (Å²) in [6, 6.07) is 7.91. The summed E-state index contributed by atoms with van der Waals surface area (Å²) in [5.74, 6) is 0.634. The molecular weight excluding hydrogens is 371 g/mol. The summed E-state index contributed by atoms with van der Waals surface area (Å²) < 4.78 is 2.92. The minimum Gasteiger partial charge on any atom is -0.383 e. The van der Waals surface area contributed by atoms with Crippen LogP contribution in [0, 0.1) is 2.88 Å². The van der Waals surface area contributed by atoms with Crippen molar-refractivity contribution in [3.8, 4) is 22.5 Å². The Morgan fingerprint density at radius 3 is 2.84 bits per heavy atom. The number of hydrogen-bond donors (Lipinski definition) is 1. The number of hydrogen-bond acceptors (Lipinski definition) is 4. The van der Waals surface area contributed by atoms with Gasteiger partial charge in [0.25, 0.3) is 0 Å². The van der Waals surface area contributed by atoms with Crippen molar-refractivity contribution in [2.75, 3.05) is 5.73 Å². The smallest absolute Gasteiger partial charge is 0.131 e. The Labute approximate surface area is 128 Å². The maximum absolute atomic E-state index is 6.14. The Balaban J connectivity index is 2.24. The first-order valence-electron chi connectivity index (χ1n) is 5.65. The Kier molecular flexibility index (Phi) is 3.28. The number of nitrogen functional groups attached to an aromatic ring is 1. The van der Waals surface area contributed by atoms with Gasteiger partial charge in [0.2, 0.25) is 0 Å². The van der Waals surface area contributed by atoms with Crippen molar-refractivity contribution in [2.45, 2.75) is 0 Å². The van der Waals surface area contributed by atoms with E-state index in [1.165, 1.54) is 2.88 Å². The monoisotopic (exact) mass is 382 g/mol. The van der Waals surface area contributed by atoms with E-state index >= 15 is 0 Å². The maximum Gasteiger partial charge on any atom is 0.131 e. The van der Waals surface area contributed by atoms with E-state index in [0.29, 0.717) is 5.82 Å². The lowest BCUT2D eigenvalue weighted by Crippen LogP contribution is -1.98. The number of aryl methyl sites for hydroxylation is 1. The van der Waals surface area contributed by atoms with Crippen LogP contribution >= 0.6 is 33.9 Å². The molecule has 0 aliphatic carbocycles. The summed E-state index contributed by atoms with van der Waals surface area (Å²) in [4.78, 5) is 4.38. The van der Waals surface area contributed by atoms with Gasteiger partial charge in [-0.3, -0.25) is 9.67 Å². The van der Waals surface area contributed by atoms with Crippen LogP contribution in [0.4, 0.5) is 5.82 Å². The van der Waals surface area contributed by atoms with Crippen molar-refractivity contribution in [1.29, 1.82) is 0 Å². The van der Waals surface area contributed by atoms with E-state index in [1.807, 2.05) is 25.2 Å². The number of nitrogens with two attached hydrogens (primary N) is 1. The van der Waals surface area contributed by atoms with Crippen LogP contribution in [0.25, 0.3) is 22.5 Å². The molecule has 6 heteroatoms. The van der Waals surface area contributed by atoms with E-state index in [9.17, 15) is 0 Å². The number of pyridine rings is 1. The van der Waals surface area contributed by atoms with E-state index in [-0.39, 0.29) is 0 Å². The van der Waals surface area contributed by atoms with E-state index in [4.69, 9.17) is 5.73 Å². The van der Waals surface area contributed by atoms with Gasteiger partial charge in [0.1, 0.15) is 11.5 Å². The molecule has 0 saturated heterocycles. The number of nitrogens with zero attached hydrogens (tertiary/aromatic N) is 3. The predicted molar refractivity (Wildman–Crippen MR) is 86.9 cm³/mol. The van der Waals surface area contributed by atoms with Crippen molar-refractivity contribution in [1.82, 2.24) is 14.8 Å². The minimum absolute atomic E-state index is 0.634. The molecule has 0 spiro atoms. The summed E-state index contributed by atoms with van der Waals surface area (Å²) >= 11 is 4.00. The van der Waals surface area contributed by atoms with Crippen molar-refractivity contribution < 1.29 is 0 Å². The number of anilines is 1. The average molecular weight is 382 g/mol. The molecule has 0 radical (unpaired) electrons. The van der Waals surface area contributed by atoms with Crippen LogP contribution < -0.4 is 5.73 Å². The highest BCUT2D eigenvalue weighted by Gasteiger charge is 2.18. The summed E-state index contributed by atoms with van der Waals surface area (Å²) in [7, 11) is 1.85. The molecule has 0 aliphatic rings. The van der Waals surface area contributed by atoms with Crippen molar-refractivity contribution in [3.63, 3.8) is 0 Å². The van der Waals surface area contributed by atoms with Crippen LogP contribution in [-0.4, -0.2) is 14.8 Å². The summed E-state index contributed by atoms with van der Waals surface area (Å²) in [5.41, 5.74) is 9.87. The second kappa shape index (κ2) is 4.93. The quantitative estimate of drug-likeness (QED) is 0.692. The minimum atomic E-state index is 0.634. The van der Waals surface area contributed by atoms with E-state index in [2.05, 4.69) is 44.1 Å². The normalized spacial score (nSPS) is 10.8. The lowest BCUT2D eigenvalue weighted by Gasteiger charge is -2.01. The van der Waals surface area contributed by atoms with Crippen LogP contribution in [-0.2, 0) is 7.05 Å². The fourth-order valence-corrected chi connectivity index (χ4v) is 3.27. The molecule has 4 nitrogen and oxygen atoms in total. The third kappa shape index (κ3) is 2.25. The first-order chi connectivity index (χ1) is 9.16. The highest BCUT2D eigenvalue weighted by atomic mass is 127. The van der Waals surface area contributed by atoms with Crippen LogP contribution in [0.3, 0.4) is 0 Å². The molecule has 3 aromatic heterocycles. The summed E-state index contributed by atoms with van der Waals surface area (Å²) in [5, 5.41) is 6.62. The van der Waals surface area contributed by atoms with Gasteiger partial charge in [-0.15, -0.1) is 11.3 Å². The molecule has 19 heavy (non-hydrogen) atoms. The predicted octanol–water partition coefficient (Wildman–Crippen LogP) is 3.40. The SMILES string of the molecule is Cn1nc(-c2csc(I)c2)c(-c2ccccn2)c1N. The largest absolute Gasteiger partial charge is 0.383 e. The molecular formula is C13H11IN4S. The Hall–Kier alpha value is -1.41. The second-order valence-electron chi connectivity index (χ2n) is 4.09. The van der Waals surface area contributed by atoms with Crippen molar-refractivity contribution in [2.24, 2.45) is 7.05 Å². The van der Waals surface area contributed by atoms with Crippen molar-refractivity contribution in [3.05, 3.63) is 38.7 Å². The lowest BCUT2D eigenvalue weighted by molar-refractivity contribution is 0.782. The molecule has 0 saturated carbocycles. The molecule has 0 unspecified atom stereocenters. The average Bonchev–Trinajstić information content (AvgIpc) is 2.96. The number of thiophene rings is 1. The molecule has 3 aromatic rings. The van der Waals surface area contributed by atoms with E-state index < -0.39 is 0 Å². The third-order valence-corrected chi connectivity index (χ3v) is 4.64. The molecule has 0 amide bonds. The highest BCUT2D eigenvalue weighted by molar-refractivity contribution is 14.1. The molecule has 3 rings (SSSR count). The van der Waals surface area contributed by atoms with Gasteiger partial charge in [0.05, 0.1) is 14.1 Å². The number of aromatic nitrogens is 3. The fraction of sp³-hybridized carbons (Fsp3) is 0.0769. The van der Waals surface area contributed by atoms with Crippen LogP contribution in [0.5, 0.6) is 0 Å². The van der Waals surface area contributed by atoms with Gasteiger partial charge in [-0.1, -0.05) is 6.07 Å². The number of rotatable bonds is 2. The summed E-state index contributed by atoms with van der Waals surface area (Å²) in [6.07, 6.45) is 1.77. The Morgan fingerprint density at radius 2 is 2.21 bits per heavy atom. The van der Waals surface area contributed by atoms with Gasteiger partial charge in [0, 0.05) is 24.2 Å². The van der Waals surface area contributed by atoms with E-state index in [0.717, 1.165) is 22.5 Å². The molecule has 96 valence electrons. The lowest BCUT2D eigenvalue weighted by atomic mass is 10.1. The highest BCUT2D eigenvalue weighted by Crippen LogP contribution is 2.36. The topological polar surface area (TPSA) is 56.7 Å². The Morgan fingerprint density at radius 1 is 1.37 bits per heavy atom. The second-order valence-corrected chi connectivity index (χ2v) is 6.89. The van der Waals surface area contributed by atoms with Gasteiger partial charge in [-0.05, 0) is 40.8 Å². The zero-order chi connectivity index (χ0) is 13.4. The first kappa shape index (κ1) is 12.6. The third-order valence-electron chi connectivity index (χ3n) is 2.85. The van der Waals surface area contributed by atoms with Gasteiger partial charge >= 0.3 is 0 Å². The molecule has 0 aromatic carbocycles. The Bertz CT molecular complexity index is 718. The van der Waals surface area contributed by atoms with Gasteiger partial charge in [0.15, 0.2) is 0 Å². The van der Waals surface area contributed by atoms with Crippen LogP contribution in [0.2, 0.25) is 0 Å². The molecule has 3 heterocycles. The molecule has 2 N–H and O–H groups in total. The first-order valence-corrected chi connectivity index (χ1v) is 7.61. The zero-order valence-corrected chi connectivity index (χ0v) is 13.1. The van der Waals surface area contributed by atoms with Gasteiger partial charge in [-0.25, -0.2) is 0 Å². The molecule has 0 fully saturated rings. The number of halogens is 1. The molecule has 0 bridgehead atoms. The maximum atomic E-state index is 6.14. The van der Waals surface area contributed by atoms with Crippen LogP contribution in [0.1, 0.15) is 0 Å². The standard InChI is InChI=1S/C13H11IN4S/c1-18-13(15)11(9-4-2-3-5-16-9)12(17-18)8-6-10(14)19-7-8/h2-7H,15H2,1H3.